The van der Waals surface area contributed by atoms with Gasteiger partial charge in [0.15, 0.2) is 0 Å². The molecule has 2 amide bonds. The summed E-state index contributed by atoms with van der Waals surface area (Å²) in [6, 6.07) is 5.66. The third-order valence-corrected chi connectivity index (χ3v) is 6.61. The summed E-state index contributed by atoms with van der Waals surface area (Å²) in [5.41, 5.74) is -0.0693. The lowest BCUT2D eigenvalue weighted by atomic mass is 9.73. The SMILES string of the molecule is CC(CNC(=O)CSc1ccccn1)N(C)C(=O)C1(C2CCC2)CC1. The van der Waals surface area contributed by atoms with Crippen LogP contribution in [-0.4, -0.2) is 47.1 Å². The van der Waals surface area contributed by atoms with E-state index < -0.39 is 0 Å². The fourth-order valence-electron chi connectivity index (χ4n) is 3.47. The Balaban J connectivity index is 1.41. The molecule has 25 heavy (non-hydrogen) atoms. The average molecular weight is 362 g/mol. The lowest BCUT2D eigenvalue weighted by Crippen LogP contribution is -2.48. The summed E-state index contributed by atoms with van der Waals surface area (Å²) in [4.78, 5) is 30.9. The Morgan fingerprint density at radius 3 is 2.72 bits per heavy atom. The van der Waals surface area contributed by atoms with Crippen molar-refractivity contribution in [2.24, 2.45) is 11.3 Å². The molecule has 2 fully saturated rings. The van der Waals surface area contributed by atoms with E-state index in [0.29, 0.717) is 18.2 Å². The van der Waals surface area contributed by atoms with Gasteiger partial charge in [-0.3, -0.25) is 9.59 Å². The second-order valence-corrected chi connectivity index (χ2v) is 8.31. The Morgan fingerprint density at radius 1 is 1.40 bits per heavy atom. The summed E-state index contributed by atoms with van der Waals surface area (Å²) in [6.45, 7) is 2.49. The summed E-state index contributed by atoms with van der Waals surface area (Å²) in [5.74, 6) is 1.19. The molecule has 1 heterocycles. The molecular weight excluding hydrogens is 334 g/mol. The summed E-state index contributed by atoms with van der Waals surface area (Å²) >= 11 is 1.42. The molecular formula is C19H27N3O2S. The number of hydrogen-bond acceptors (Lipinski definition) is 4. The van der Waals surface area contributed by atoms with Crippen LogP contribution in [0.5, 0.6) is 0 Å². The number of pyridine rings is 1. The molecule has 1 aromatic heterocycles. The van der Waals surface area contributed by atoms with Gasteiger partial charge in [-0.1, -0.05) is 24.2 Å². The van der Waals surface area contributed by atoms with E-state index in [4.69, 9.17) is 0 Å². The zero-order valence-electron chi connectivity index (χ0n) is 15.0. The minimum Gasteiger partial charge on any atom is -0.353 e. The number of carbonyl (C=O) groups excluding carboxylic acids is 2. The quantitative estimate of drug-likeness (QED) is 0.723. The first-order chi connectivity index (χ1) is 12.0. The molecule has 1 atom stereocenters. The maximum atomic E-state index is 12.9. The van der Waals surface area contributed by atoms with Crippen LogP contribution in [0.3, 0.4) is 0 Å². The molecule has 0 spiro atoms. The van der Waals surface area contributed by atoms with Gasteiger partial charge in [0.2, 0.25) is 11.8 Å². The highest BCUT2D eigenvalue weighted by Crippen LogP contribution is 2.59. The van der Waals surface area contributed by atoms with Crippen molar-refractivity contribution in [3.05, 3.63) is 24.4 Å². The smallest absolute Gasteiger partial charge is 0.230 e. The van der Waals surface area contributed by atoms with Crippen LogP contribution in [0.4, 0.5) is 0 Å². The van der Waals surface area contributed by atoms with Crippen molar-refractivity contribution in [3.8, 4) is 0 Å². The molecule has 0 aliphatic heterocycles. The fraction of sp³-hybridized carbons (Fsp3) is 0.632. The second kappa shape index (κ2) is 7.77. The molecule has 5 nitrogen and oxygen atoms in total. The van der Waals surface area contributed by atoms with Crippen LogP contribution < -0.4 is 5.32 Å². The zero-order chi connectivity index (χ0) is 17.9. The van der Waals surface area contributed by atoms with Crippen LogP contribution in [0.2, 0.25) is 0 Å². The van der Waals surface area contributed by atoms with Gasteiger partial charge in [0, 0.05) is 25.8 Å². The standard InChI is InChI=1S/C19H27N3O2S/c1-14(12-21-16(23)13-25-17-8-3-4-11-20-17)22(2)18(24)19(9-10-19)15-6-5-7-15/h3-4,8,11,14-15H,5-7,9-10,12-13H2,1-2H3,(H,21,23). The molecule has 0 radical (unpaired) electrons. The molecule has 1 N–H and O–H groups in total. The Bertz CT molecular complexity index is 614. The maximum absolute atomic E-state index is 12.9. The molecule has 2 saturated carbocycles. The van der Waals surface area contributed by atoms with Gasteiger partial charge in [-0.05, 0) is 50.7 Å². The van der Waals surface area contributed by atoms with Crippen LogP contribution in [0.15, 0.2) is 29.4 Å². The van der Waals surface area contributed by atoms with Gasteiger partial charge in [-0.25, -0.2) is 4.98 Å². The van der Waals surface area contributed by atoms with Gasteiger partial charge in [0.1, 0.15) is 0 Å². The lowest BCUT2D eigenvalue weighted by Gasteiger charge is -2.37. The van der Waals surface area contributed by atoms with Crippen LogP contribution in [0, 0.1) is 11.3 Å². The zero-order valence-corrected chi connectivity index (χ0v) is 15.8. The number of thioether (sulfide) groups is 1. The summed E-state index contributed by atoms with van der Waals surface area (Å²) in [7, 11) is 1.88. The van der Waals surface area contributed by atoms with E-state index in [0.717, 1.165) is 17.9 Å². The van der Waals surface area contributed by atoms with Gasteiger partial charge in [-0.2, -0.15) is 0 Å². The van der Waals surface area contributed by atoms with Crippen molar-refractivity contribution in [1.82, 2.24) is 15.2 Å². The van der Waals surface area contributed by atoms with Crippen LogP contribution in [-0.2, 0) is 9.59 Å². The Kier molecular flexibility index (Phi) is 5.67. The topological polar surface area (TPSA) is 62.3 Å². The van der Waals surface area contributed by atoms with Crippen molar-refractivity contribution in [2.45, 2.75) is 50.1 Å². The Morgan fingerprint density at radius 2 is 2.16 bits per heavy atom. The van der Waals surface area contributed by atoms with E-state index in [2.05, 4.69) is 10.3 Å². The number of amides is 2. The maximum Gasteiger partial charge on any atom is 0.230 e. The van der Waals surface area contributed by atoms with Crippen molar-refractivity contribution in [1.29, 1.82) is 0 Å². The van der Waals surface area contributed by atoms with Crippen LogP contribution >= 0.6 is 11.8 Å². The highest BCUT2D eigenvalue weighted by molar-refractivity contribution is 7.99. The van der Waals surface area contributed by atoms with E-state index in [-0.39, 0.29) is 23.3 Å². The average Bonchev–Trinajstić information content (AvgIpc) is 3.37. The molecule has 1 aromatic rings. The summed E-state index contributed by atoms with van der Waals surface area (Å²) in [5, 5.41) is 3.78. The van der Waals surface area contributed by atoms with Gasteiger partial charge < -0.3 is 10.2 Å². The van der Waals surface area contributed by atoms with E-state index in [1.807, 2.05) is 37.1 Å². The minimum atomic E-state index is -0.0693. The Labute approximate surface area is 154 Å². The molecule has 0 bridgehead atoms. The summed E-state index contributed by atoms with van der Waals surface area (Å²) in [6.07, 6.45) is 7.48. The number of rotatable bonds is 8. The predicted molar refractivity (Wildman–Crippen MR) is 99.2 cm³/mol. The van der Waals surface area contributed by atoms with E-state index in [9.17, 15) is 9.59 Å². The molecule has 0 aromatic carbocycles. The van der Waals surface area contributed by atoms with Crippen molar-refractivity contribution >= 4 is 23.6 Å². The first-order valence-corrected chi connectivity index (χ1v) is 10.1. The first kappa shape index (κ1) is 18.2. The van der Waals surface area contributed by atoms with Crippen molar-refractivity contribution in [3.63, 3.8) is 0 Å². The van der Waals surface area contributed by atoms with Gasteiger partial charge in [0.25, 0.3) is 0 Å². The molecule has 6 heteroatoms. The number of nitrogens with zero attached hydrogens (tertiary/aromatic N) is 2. The molecule has 2 aliphatic rings. The van der Waals surface area contributed by atoms with E-state index in [1.165, 1.54) is 31.0 Å². The molecule has 2 aliphatic carbocycles. The van der Waals surface area contributed by atoms with Gasteiger partial charge in [-0.15, -0.1) is 0 Å². The fourth-order valence-corrected chi connectivity index (χ4v) is 4.16. The van der Waals surface area contributed by atoms with Gasteiger partial charge in [0.05, 0.1) is 16.2 Å². The molecule has 3 rings (SSSR count). The van der Waals surface area contributed by atoms with Crippen LogP contribution in [0.1, 0.15) is 39.0 Å². The van der Waals surface area contributed by atoms with Crippen LogP contribution in [0.25, 0.3) is 0 Å². The van der Waals surface area contributed by atoms with Crippen molar-refractivity contribution in [2.75, 3.05) is 19.3 Å². The third kappa shape index (κ3) is 4.17. The minimum absolute atomic E-state index is 0.00820. The largest absolute Gasteiger partial charge is 0.353 e. The number of carbonyl (C=O) groups is 2. The van der Waals surface area contributed by atoms with E-state index >= 15 is 0 Å². The van der Waals surface area contributed by atoms with E-state index in [1.54, 1.807) is 6.20 Å². The molecule has 136 valence electrons. The third-order valence-electron chi connectivity index (χ3n) is 5.67. The lowest BCUT2D eigenvalue weighted by molar-refractivity contribution is -0.141. The number of hydrogen-bond donors (Lipinski definition) is 1. The normalized spacial score (nSPS) is 19.6. The molecule has 1 unspecified atom stereocenters. The predicted octanol–water partition coefficient (Wildman–Crippen LogP) is 2.72. The second-order valence-electron chi connectivity index (χ2n) is 7.31. The highest BCUT2D eigenvalue weighted by Gasteiger charge is 2.57. The number of likely N-dealkylation sites (N-methyl/N-ethyl adjacent to an activating group) is 1. The summed E-state index contributed by atoms with van der Waals surface area (Å²) < 4.78 is 0. The monoisotopic (exact) mass is 361 g/mol. The van der Waals surface area contributed by atoms with Gasteiger partial charge >= 0.3 is 0 Å². The highest BCUT2D eigenvalue weighted by atomic mass is 32.2. The van der Waals surface area contributed by atoms with Crippen molar-refractivity contribution < 1.29 is 9.59 Å². The first-order valence-electron chi connectivity index (χ1n) is 9.11. The number of nitrogens with one attached hydrogen (secondary N) is 1. The molecule has 0 saturated heterocycles. The number of aromatic nitrogens is 1. The Hall–Kier alpha value is -1.56.